The molecular weight excluding hydrogens is 303 g/mol. The minimum atomic E-state index is -4.31. The summed E-state index contributed by atoms with van der Waals surface area (Å²) in [4.78, 5) is 6.42. The van der Waals surface area contributed by atoms with Gasteiger partial charge in [-0.05, 0) is 37.9 Å². The van der Waals surface area contributed by atoms with Crippen molar-refractivity contribution in [3.63, 3.8) is 0 Å². The second-order valence-corrected chi connectivity index (χ2v) is 5.61. The lowest BCUT2D eigenvalue weighted by molar-refractivity contribution is -0.137. The molecule has 1 N–H and O–H groups in total. The number of halogens is 3. The summed E-state index contributed by atoms with van der Waals surface area (Å²) in [6.45, 7) is 2.55. The molecule has 0 saturated carbocycles. The Kier molecular flexibility index (Phi) is 5.74. The van der Waals surface area contributed by atoms with Crippen molar-refractivity contribution in [2.45, 2.75) is 12.7 Å². The van der Waals surface area contributed by atoms with E-state index in [1.54, 1.807) is 6.20 Å². The molecule has 0 atom stereocenters. The van der Waals surface area contributed by atoms with E-state index in [9.17, 15) is 13.2 Å². The molecule has 0 radical (unpaired) electrons. The van der Waals surface area contributed by atoms with E-state index in [1.807, 2.05) is 26.2 Å². The van der Waals surface area contributed by atoms with Gasteiger partial charge in [0, 0.05) is 31.4 Å². The molecule has 1 aromatic heterocycles. The first-order valence-electron chi connectivity index (χ1n) is 7.34. The van der Waals surface area contributed by atoms with Crippen LogP contribution in [0.2, 0.25) is 0 Å². The molecule has 23 heavy (non-hydrogen) atoms. The zero-order chi connectivity index (χ0) is 16.9. The molecule has 2 rings (SSSR count). The predicted molar refractivity (Wildman–Crippen MR) is 84.9 cm³/mol. The van der Waals surface area contributed by atoms with E-state index in [2.05, 4.69) is 15.2 Å². The van der Waals surface area contributed by atoms with Crippen LogP contribution >= 0.6 is 0 Å². The molecule has 3 nitrogen and oxygen atoms in total. The average molecular weight is 323 g/mol. The number of alkyl halides is 3. The smallest absolute Gasteiger partial charge is 0.311 e. The van der Waals surface area contributed by atoms with Gasteiger partial charge in [0.25, 0.3) is 0 Å². The Hall–Kier alpha value is -1.92. The van der Waals surface area contributed by atoms with Crippen molar-refractivity contribution in [1.29, 1.82) is 0 Å². The minimum absolute atomic E-state index is 0.650. The number of nitrogens with zero attached hydrogens (tertiary/aromatic N) is 2. The quantitative estimate of drug-likeness (QED) is 0.826. The van der Waals surface area contributed by atoms with Gasteiger partial charge < -0.3 is 10.2 Å². The molecule has 0 amide bonds. The van der Waals surface area contributed by atoms with Crippen molar-refractivity contribution in [2.75, 3.05) is 27.2 Å². The summed E-state index contributed by atoms with van der Waals surface area (Å²) in [6, 6.07) is 8.80. The first-order chi connectivity index (χ1) is 10.9. The summed E-state index contributed by atoms with van der Waals surface area (Å²) in [5.41, 5.74) is 1.73. The Balaban J connectivity index is 1.96. The summed E-state index contributed by atoms with van der Waals surface area (Å²) in [7, 11) is 4.03. The molecule has 6 heteroatoms. The number of nitrogens with one attached hydrogen (secondary N) is 1. The lowest BCUT2D eigenvalue weighted by atomic mass is 10.1. The van der Waals surface area contributed by atoms with Crippen molar-refractivity contribution in [1.82, 2.24) is 15.2 Å². The third-order valence-electron chi connectivity index (χ3n) is 3.40. The number of benzene rings is 1. The minimum Gasteiger partial charge on any atom is -0.311 e. The maximum Gasteiger partial charge on any atom is 0.416 e. The van der Waals surface area contributed by atoms with E-state index in [1.165, 1.54) is 12.1 Å². The van der Waals surface area contributed by atoms with Crippen molar-refractivity contribution < 1.29 is 13.2 Å². The first kappa shape index (κ1) is 17.4. The Morgan fingerprint density at radius 2 is 1.74 bits per heavy atom. The molecule has 0 aliphatic rings. The van der Waals surface area contributed by atoms with Gasteiger partial charge in [-0.2, -0.15) is 13.2 Å². The molecule has 1 heterocycles. The Labute approximate surface area is 134 Å². The number of likely N-dealkylation sites (N-methyl/N-ethyl adjacent to an activating group) is 1. The van der Waals surface area contributed by atoms with Crippen LogP contribution in [0.3, 0.4) is 0 Å². The molecule has 0 aliphatic heterocycles. The predicted octanol–water partition coefficient (Wildman–Crippen LogP) is 3.42. The molecule has 0 fully saturated rings. The summed E-state index contributed by atoms with van der Waals surface area (Å²) in [6.07, 6.45) is -2.57. The molecule has 2 aromatic rings. The van der Waals surface area contributed by atoms with Gasteiger partial charge in [0.1, 0.15) is 0 Å². The number of hydrogen-bond acceptors (Lipinski definition) is 3. The Bertz CT molecular complexity index is 604. The van der Waals surface area contributed by atoms with Gasteiger partial charge in [-0.1, -0.05) is 18.2 Å². The number of hydrogen-bond donors (Lipinski definition) is 1. The van der Waals surface area contributed by atoms with Crippen LogP contribution in [0.5, 0.6) is 0 Å². The normalized spacial score (nSPS) is 11.9. The van der Waals surface area contributed by atoms with Crippen LogP contribution in [-0.4, -0.2) is 37.1 Å². The standard InChI is InChI=1S/C17H20F3N3/c1-23(2)10-9-21-11-13-3-8-16(22-12-13)14-4-6-15(7-5-14)17(18,19)20/h3-8,12,21H,9-11H2,1-2H3. The van der Waals surface area contributed by atoms with Crippen LogP contribution in [0.4, 0.5) is 13.2 Å². The maximum absolute atomic E-state index is 12.5. The van der Waals surface area contributed by atoms with E-state index in [4.69, 9.17) is 0 Å². The molecule has 0 saturated heterocycles. The summed E-state index contributed by atoms with van der Waals surface area (Å²) >= 11 is 0. The van der Waals surface area contributed by atoms with Crippen LogP contribution in [-0.2, 0) is 12.7 Å². The van der Waals surface area contributed by atoms with Gasteiger partial charge in [-0.25, -0.2) is 0 Å². The van der Waals surface area contributed by atoms with Crippen LogP contribution < -0.4 is 5.32 Å². The van der Waals surface area contributed by atoms with Gasteiger partial charge in [0.2, 0.25) is 0 Å². The fourth-order valence-corrected chi connectivity index (χ4v) is 2.07. The lowest BCUT2D eigenvalue weighted by Crippen LogP contribution is -2.26. The zero-order valence-electron chi connectivity index (χ0n) is 13.2. The third kappa shape index (κ3) is 5.33. The van der Waals surface area contributed by atoms with Crippen molar-refractivity contribution in [3.8, 4) is 11.3 Å². The molecule has 0 unspecified atom stereocenters. The molecule has 0 aliphatic carbocycles. The zero-order valence-corrected chi connectivity index (χ0v) is 13.2. The number of rotatable bonds is 6. The van der Waals surface area contributed by atoms with Gasteiger partial charge in [-0.15, -0.1) is 0 Å². The molecule has 0 bridgehead atoms. The summed E-state index contributed by atoms with van der Waals surface area (Å²) < 4.78 is 37.6. The SMILES string of the molecule is CN(C)CCNCc1ccc(-c2ccc(C(F)(F)F)cc2)nc1. The highest BCUT2D eigenvalue weighted by atomic mass is 19.4. The largest absolute Gasteiger partial charge is 0.416 e. The van der Waals surface area contributed by atoms with Gasteiger partial charge >= 0.3 is 6.18 Å². The topological polar surface area (TPSA) is 28.2 Å². The van der Waals surface area contributed by atoms with E-state index in [0.717, 1.165) is 30.8 Å². The number of pyridine rings is 1. The van der Waals surface area contributed by atoms with Gasteiger partial charge in [-0.3, -0.25) is 4.98 Å². The fraction of sp³-hybridized carbons (Fsp3) is 0.353. The molecule has 124 valence electrons. The van der Waals surface area contributed by atoms with Crippen molar-refractivity contribution in [3.05, 3.63) is 53.7 Å². The van der Waals surface area contributed by atoms with E-state index in [0.29, 0.717) is 17.8 Å². The second-order valence-electron chi connectivity index (χ2n) is 5.61. The van der Waals surface area contributed by atoms with Crippen LogP contribution in [0.15, 0.2) is 42.6 Å². The highest BCUT2D eigenvalue weighted by Crippen LogP contribution is 2.30. The highest BCUT2D eigenvalue weighted by Gasteiger charge is 2.29. The van der Waals surface area contributed by atoms with Crippen molar-refractivity contribution >= 4 is 0 Å². The van der Waals surface area contributed by atoms with Crippen LogP contribution in [0.1, 0.15) is 11.1 Å². The molecule has 0 spiro atoms. The molecule has 1 aromatic carbocycles. The Morgan fingerprint density at radius 3 is 2.26 bits per heavy atom. The second kappa shape index (κ2) is 7.57. The van der Waals surface area contributed by atoms with Gasteiger partial charge in [0.05, 0.1) is 11.3 Å². The van der Waals surface area contributed by atoms with Crippen LogP contribution in [0, 0.1) is 0 Å². The average Bonchev–Trinajstić information content (AvgIpc) is 2.51. The van der Waals surface area contributed by atoms with E-state index < -0.39 is 11.7 Å². The monoisotopic (exact) mass is 323 g/mol. The van der Waals surface area contributed by atoms with E-state index >= 15 is 0 Å². The number of aromatic nitrogens is 1. The van der Waals surface area contributed by atoms with Gasteiger partial charge in [0.15, 0.2) is 0 Å². The third-order valence-corrected chi connectivity index (χ3v) is 3.40. The summed E-state index contributed by atoms with van der Waals surface area (Å²) in [5.74, 6) is 0. The summed E-state index contributed by atoms with van der Waals surface area (Å²) in [5, 5.41) is 3.31. The van der Waals surface area contributed by atoms with Crippen molar-refractivity contribution in [2.24, 2.45) is 0 Å². The maximum atomic E-state index is 12.5. The molecular formula is C17H20F3N3. The highest BCUT2D eigenvalue weighted by molar-refractivity contribution is 5.59. The Morgan fingerprint density at radius 1 is 1.04 bits per heavy atom. The first-order valence-corrected chi connectivity index (χ1v) is 7.34. The van der Waals surface area contributed by atoms with Crippen LogP contribution in [0.25, 0.3) is 11.3 Å². The van der Waals surface area contributed by atoms with E-state index in [-0.39, 0.29) is 0 Å². The lowest BCUT2D eigenvalue weighted by Gasteiger charge is -2.10. The fourth-order valence-electron chi connectivity index (χ4n) is 2.07.